The molecule has 1 unspecified atom stereocenters. The number of anilines is 4. The maximum atomic E-state index is 14.8. The summed E-state index contributed by atoms with van der Waals surface area (Å²) in [7, 11) is -3.18. The van der Waals surface area contributed by atoms with E-state index in [0.717, 1.165) is 22.5 Å². The molecule has 0 radical (unpaired) electrons. The van der Waals surface area contributed by atoms with Crippen LogP contribution in [-0.4, -0.2) is 50.6 Å². The van der Waals surface area contributed by atoms with Crippen LogP contribution in [0.5, 0.6) is 0 Å². The van der Waals surface area contributed by atoms with Gasteiger partial charge in [0, 0.05) is 46.4 Å². The first kappa shape index (κ1) is 34.8. The van der Waals surface area contributed by atoms with E-state index in [1.54, 1.807) is 30.5 Å². The van der Waals surface area contributed by atoms with Crippen LogP contribution < -0.4 is 9.80 Å². The minimum absolute atomic E-state index is 0.234. The van der Waals surface area contributed by atoms with E-state index in [2.05, 4.69) is 67.2 Å². The zero-order valence-electron chi connectivity index (χ0n) is 30.5. The van der Waals surface area contributed by atoms with Crippen molar-refractivity contribution < 1.29 is 14.3 Å². The highest BCUT2D eigenvalue weighted by molar-refractivity contribution is 6.84. The van der Waals surface area contributed by atoms with Gasteiger partial charge in [-0.1, -0.05) is 81.5 Å². The molecule has 0 spiro atoms. The number of fused-ring (bicyclic) bond motifs is 4. The van der Waals surface area contributed by atoms with E-state index in [4.69, 9.17) is 9.72 Å². The summed E-state index contributed by atoms with van der Waals surface area (Å²) in [6, 6.07) is 28.4. The van der Waals surface area contributed by atoms with Crippen molar-refractivity contribution in [1.82, 2.24) is 9.97 Å². The van der Waals surface area contributed by atoms with E-state index < -0.39 is 22.5 Å². The molecule has 0 N–H and O–H groups in total. The molecule has 0 saturated heterocycles. The van der Waals surface area contributed by atoms with Gasteiger partial charge in [0.05, 0.1) is 16.8 Å². The Bertz CT molecular complexity index is 2340. The second-order valence-electron chi connectivity index (χ2n) is 14.9. The van der Waals surface area contributed by atoms with Crippen LogP contribution in [-0.2, 0) is 4.74 Å². The van der Waals surface area contributed by atoms with E-state index >= 15 is 0 Å². The van der Waals surface area contributed by atoms with E-state index in [1.807, 2.05) is 83.5 Å². The Labute approximate surface area is 307 Å². The van der Waals surface area contributed by atoms with E-state index in [-0.39, 0.29) is 22.7 Å². The van der Waals surface area contributed by atoms with Gasteiger partial charge >= 0.3 is 0 Å². The third-order valence-electron chi connectivity index (χ3n) is 8.61. The second-order valence-corrected chi connectivity index (χ2v) is 24.4. The van der Waals surface area contributed by atoms with Crippen LogP contribution in [0.4, 0.5) is 22.9 Å². The van der Waals surface area contributed by atoms with E-state index in [0.29, 0.717) is 40.6 Å². The summed E-state index contributed by atoms with van der Waals surface area (Å²) in [6.07, 6.45) is 0.924. The van der Waals surface area contributed by atoms with Crippen molar-refractivity contribution in [1.29, 1.82) is 0 Å². The first-order chi connectivity index (χ1) is 24.8. The average molecular weight is 717 g/mol. The van der Waals surface area contributed by atoms with E-state index in [9.17, 15) is 9.59 Å². The van der Waals surface area contributed by atoms with Gasteiger partial charge in [-0.15, -0.1) is 11.1 Å². The van der Waals surface area contributed by atoms with Crippen molar-refractivity contribution in [2.24, 2.45) is 0 Å². The highest BCUT2D eigenvalue weighted by Gasteiger charge is 2.47. The molecule has 3 heterocycles. The van der Waals surface area contributed by atoms with Crippen LogP contribution in [0, 0.1) is 22.9 Å². The molecule has 0 bridgehead atoms. The van der Waals surface area contributed by atoms with Crippen LogP contribution in [0.3, 0.4) is 0 Å². The molecule has 7 nitrogen and oxygen atoms in total. The first-order valence-corrected chi connectivity index (χ1v) is 24.5. The van der Waals surface area contributed by atoms with Gasteiger partial charge in [0.2, 0.25) is 6.35 Å². The van der Waals surface area contributed by atoms with Crippen molar-refractivity contribution >= 4 is 50.6 Å². The number of nitrogens with zero attached hydrogens (tertiary/aromatic N) is 4. The number of benzene rings is 3. The first-order valence-electron chi connectivity index (χ1n) is 17.5. The van der Waals surface area contributed by atoms with Crippen LogP contribution >= 0.6 is 0 Å². The van der Waals surface area contributed by atoms with Gasteiger partial charge in [-0.05, 0) is 67.6 Å². The molecule has 0 fully saturated rings. The Morgan fingerprint density at radius 3 is 1.69 bits per heavy atom. The molecule has 5 aromatic rings. The molecular weight excluding hydrogens is 677 g/mol. The highest BCUT2D eigenvalue weighted by Crippen LogP contribution is 2.52. The number of pyridine rings is 2. The maximum absolute atomic E-state index is 14.8. The number of ether oxygens (including phenoxy) is 1. The molecule has 0 amide bonds. The molecule has 1 aliphatic heterocycles. The maximum Gasteiger partial charge on any atom is 0.220 e. The number of ketones is 2. The number of hydrogen-bond donors (Lipinski definition) is 0. The summed E-state index contributed by atoms with van der Waals surface area (Å²) in [4.78, 5) is 43.2. The molecule has 2 aliphatic rings. The van der Waals surface area contributed by atoms with Gasteiger partial charge in [0.1, 0.15) is 27.5 Å². The quantitative estimate of drug-likeness (QED) is 0.130. The van der Waals surface area contributed by atoms with Gasteiger partial charge in [-0.2, -0.15) is 0 Å². The van der Waals surface area contributed by atoms with Gasteiger partial charge in [-0.25, -0.2) is 4.98 Å². The Morgan fingerprint density at radius 1 is 0.673 bits per heavy atom. The van der Waals surface area contributed by atoms with Crippen molar-refractivity contribution in [2.45, 2.75) is 52.6 Å². The third-order valence-corrected chi connectivity index (χ3v) is 10.4. The largest absolute Gasteiger partial charge is 0.340 e. The van der Waals surface area contributed by atoms with Crippen LogP contribution in [0.1, 0.15) is 49.9 Å². The Balaban J connectivity index is 1.51. The molecule has 9 heteroatoms. The lowest BCUT2D eigenvalue weighted by atomic mass is 9.82. The lowest BCUT2D eigenvalue weighted by Crippen LogP contribution is -2.41. The molecule has 0 saturated carbocycles. The molecule has 52 heavy (non-hydrogen) atoms. The number of carbonyl (C=O) groups is 2. The molecule has 7 rings (SSSR count). The van der Waals surface area contributed by atoms with Crippen molar-refractivity contribution in [2.75, 3.05) is 16.4 Å². The van der Waals surface area contributed by atoms with Gasteiger partial charge in [-0.3, -0.25) is 24.4 Å². The van der Waals surface area contributed by atoms with Gasteiger partial charge in [0.25, 0.3) is 0 Å². The molecule has 3 aromatic carbocycles. The fraction of sp³-hybridized carbons (Fsp3) is 0.209. The summed E-state index contributed by atoms with van der Waals surface area (Å²) in [6.45, 7) is 15.6. The summed E-state index contributed by atoms with van der Waals surface area (Å²) < 4.78 is 6.59. The number of carbonyl (C=O) groups excluding carboxylic acids is 2. The van der Waals surface area contributed by atoms with Crippen molar-refractivity contribution in [3.05, 3.63) is 131 Å². The molecule has 2 aromatic heterocycles. The lowest BCUT2D eigenvalue weighted by Gasteiger charge is -2.32. The average Bonchev–Trinajstić information content (AvgIpc) is 3.45. The van der Waals surface area contributed by atoms with Crippen LogP contribution in [0.2, 0.25) is 39.3 Å². The Hall–Kier alpha value is -5.59. The minimum atomic E-state index is -1.59. The number of aromatic nitrogens is 2. The summed E-state index contributed by atoms with van der Waals surface area (Å²) in [5.41, 5.74) is 12.8. The molecule has 1 atom stereocenters. The van der Waals surface area contributed by atoms with Crippen molar-refractivity contribution in [3.63, 3.8) is 0 Å². The standard InChI is InChI=1S/C43H40N4O3Si2/c1-8-50-43-46(31-20-16-29(17-21-31)24-27-51(2,3)4)39-37-36(40(48)33-13-9-10-14-34(33)41(37)49)38(35-15-11-12-26-44-35)45-42(39)47(43)32-22-18-30(19-23-32)25-28-52(5,6)7/h9-23,26,43H,8H2,1-7H3. The minimum Gasteiger partial charge on any atom is -0.340 e. The van der Waals surface area contributed by atoms with Gasteiger partial charge in [0.15, 0.2) is 17.4 Å². The lowest BCUT2D eigenvalue weighted by molar-refractivity contribution is 0.0768. The third kappa shape index (κ3) is 6.62. The SMILES string of the molecule is CCOC1N(c2ccc(C#C[Si](C)(C)C)cc2)c2nc(-c3ccccn3)c3c(c2N1c1ccc(C#C[Si](C)(C)C)cc1)C(=O)c1ccccc1C3=O. The highest BCUT2D eigenvalue weighted by atomic mass is 28.3. The van der Waals surface area contributed by atoms with Crippen LogP contribution in [0.15, 0.2) is 97.2 Å². The normalized spacial score (nSPS) is 14.9. The topological polar surface area (TPSA) is 75.6 Å². The van der Waals surface area contributed by atoms with Crippen molar-refractivity contribution in [3.8, 4) is 34.3 Å². The summed E-state index contributed by atoms with van der Waals surface area (Å²) >= 11 is 0. The predicted molar refractivity (Wildman–Crippen MR) is 214 cm³/mol. The zero-order valence-corrected chi connectivity index (χ0v) is 32.5. The Morgan fingerprint density at radius 2 is 1.19 bits per heavy atom. The fourth-order valence-corrected chi connectivity index (χ4v) is 7.34. The van der Waals surface area contributed by atoms with Gasteiger partial charge < -0.3 is 4.74 Å². The zero-order chi connectivity index (χ0) is 36.8. The predicted octanol–water partition coefficient (Wildman–Crippen LogP) is 8.99. The second kappa shape index (κ2) is 13.5. The monoisotopic (exact) mass is 716 g/mol. The molecular formula is C43H40N4O3Si2. The number of rotatable bonds is 5. The summed E-state index contributed by atoms with van der Waals surface area (Å²) in [5.74, 6) is 6.65. The summed E-state index contributed by atoms with van der Waals surface area (Å²) in [5, 5.41) is 0. The Kier molecular flexibility index (Phi) is 9.06. The number of hydrogen-bond acceptors (Lipinski definition) is 7. The molecule has 258 valence electrons. The van der Waals surface area contributed by atoms with Crippen LogP contribution in [0.25, 0.3) is 11.4 Å². The molecule has 1 aliphatic carbocycles. The van der Waals surface area contributed by atoms with E-state index in [1.165, 1.54) is 0 Å². The smallest absolute Gasteiger partial charge is 0.220 e. The fourth-order valence-electron chi connectivity index (χ4n) is 6.30.